The monoisotopic (exact) mass is 288 g/mol. The van der Waals surface area contributed by atoms with Gasteiger partial charge in [-0.15, -0.1) is 6.42 Å². The van der Waals surface area contributed by atoms with Gasteiger partial charge in [-0.1, -0.05) is 5.92 Å². The minimum Gasteiger partial charge on any atom is -0.480 e. The molecule has 2 amide bonds. The van der Waals surface area contributed by atoms with E-state index >= 15 is 0 Å². The van der Waals surface area contributed by atoms with Gasteiger partial charge in [0, 0.05) is 13.1 Å². The van der Waals surface area contributed by atoms with Crippen LogP contribution in [0.15, 0.2) is 0 Å². The Labute approximate surface area is 112 Å². The van der Waals surface area contributed by atoms with Crippen LogP contribution in [-0.2, 0) is 14.6 Å². The van der Waals surface area contributed by atoms with Crippen LogP contribution in [0, 0.1) is 12.3 Å². The van der Waals surface area contributed by atoms with Crippen LogP contribution < -0.4 is 0 Å². The van der Waals surface area contributed by atoms with Gasteiger partial charge in [0.25, 0.3) is 0 Å². The van der Waals surface area contributed by atoms with Crippen LogP contribution in [0.4, 0.5) is 4.79 Å². The van der Waals surface area contributed by atoms with Crippen LogP contribution >= 0.6 is 0 Å². The smallest absolute Gasteiger partial charge is 0.323 e. The van der Waals surface area contributed by atoms with Crippen LogP contribution in [0.3, 0.4) is 0 Å². The van der Waals surface area contributed by atoms with Crippen molar-refractivity contribution in [2.24, 2.45) is 0 Å². The lowest BCUT2D eigenvalue weighted by Crippen LogP contribution is -2.48. The molecule has 1 aliphatic heterocycles. The number of hydrogen-bond acceptors (Lipinski definition) is 4. The molecule has 1 unspecified atom stereocenters. The van der Waals surface area contributed by atoms with Crippen LogP contribution in [0.2, 0.25) is 0 Å². The van der Waals surface area contributed by atoms with Gasteiger partial charge in [-0.3, -0.25) is 4.79 Å². The Morgan fingerprint density at radius 3 is 2.53 bits per heavy atom. The van der Waals surface area contributed by atoms with Crippen molar-refractivity contribution in [1.82, 2.24) is 9.80 Å². The number of urea groups is 1. The maximum Gasteiger partial charge on any atom is 0.323 e. The van der Waals surface area contributed by atoms with Gasteiger partial charge in [0.15, 0.2) is 9.84 Å². The average Bonchev–Trinajstić information content (AvgIpc) is 2.66. The lowest BCUT2D eigenvalue weighted by Gasteiger charge is -2.29. The Bertz CT molecular complexity index is 508. The van der Waals surface area contributed by atoms with Crippen molar-refractivity contribution in [2.45, 2.75) is 12.5 Å². The fourth-order valence-corrected chi connectivity index (χ4v) is 3.70. The van der Waals surface area contributed by atoms with Gasteiger partial charge in [0.2, 0.25) is 0 Å². The fraction of sp³-hybridized carbons (Fsp3) is 0.636. The Balaban J connectivity index is 2.74. The largest absolute Gasteiger partial charge is 0.480 e. The highest BCUT2D eigenvalue weighted by molar-refractivity contribution is 7.91. The molecular weight excluding hydrogens is 272 g/mol. The van der Waals surface area contributed by atoms with E-state index < -0.39 is 34.4 Å². The summed E-state index contributed by atoms with van der Waals surface area (Å²) >= 11 is 0. The van der Waals surface area contributed by atoms with Gasteiger partial charge >= 0.3 is 12.0 Å². The number of nitrogens with zero attached hydrogens (tertiary/aromatic N) is 2. The van der Waals surface area contributed by atoms with Crippen molar-refractivity contribution in [1.29, 1.82) is 0 Å². The summed E-state index contributed by atoms with van der Waals surface area (Å²) in [5.74, 6) is 0.996. The summed E-state index contributed by atoms with van der Waals surface area (Å²) in [6.45, 7) is -0.637. The first kappa shape index (κ1) is 15.3. The second kappa shape index (κ2) is 5.93. The van der Waals surface area contributed by atoms with Crippen LogP contribution in [0.25, 0.3) is 0 Å². The second-order valence-electron chi connectivity index (χ2n) is 4.40. The topological polar surface area (TPSA) is 95.0 Å². The summed E-state index contributed by atoms with van der Waals surface area (Å²) in [6.07, 6.45) is 5.45. The molecule has 0 aliphatic carbocycles. The molecule has 0 saturated carbocycles. The zero-order valence-electron chi connectivity index (χ0n) is 10.6. The first-order valence-electron chi connectivity index (χ1n) is 5.64. The van der Waals surface area contributed by atoms with Crippen molar-refractivity contribution in [3.05, 3.63) is 0 Å². The molecule has 0 aromatic heterocycles. The van der Waals surface area contributed by atoms with Gasteiger partial charge in [0.1, 0.15) is 6.54 Å². The summed E-state index contributed by atoms with van der Waals surface area (Å²) < 4.78 is 22.7. The van der Waals surface area contributed by atoms with Crippen molar-refractivity contribution in [3.63, 3.8) is 0 Å². The lowest BCUT2D eigenvalue weighted by molar-refractivity contribution is -0.137. The third-order valence-electron chi connectivity index (χ3n) is 2.94. The molecule has 0 aromatic carbocycles. The number of carboxylic acids is 1. The highest BCUT2D eigenvalue weighted by Gasteiger charge is 2.34. The highest BCUT2D eigenvalue weighted by Crippen LogP contribution is 2.17. The van der Waals surface area contributed by atoms with E-state index in [0.29, 0.717) is 6.42 Å². The fourth-order valence-electron chi connectivity index (χ4n) is 1.92. The molecule has 1 N–H and O–H groups in total. The SMILES string of the molecule is C#CCN(CC(=O)O)C(=O)N(C)C1CCS(=O)(=O)C1. The summed E-state index contributed by atoms with van der Waals surface area (Å²) in [7, 11) is -1.65. The standard InChI is InChI=1S/C11H16N2O5S/c1-3-5-13(7-10(14)15)11(16)12(2)9-4-6-19(17,18)8-9/h1,9H,4-8H2,2H3,(H,14,15). The number of aliphatic carboxylic acids is 1. The van der Waals surface area contributed by atoms with Crippen molar-refractivity contribution in [3.8, 4) is 12.3 Å². The number of sulfone groups is 1. The Hall–Kier alpha value is -1.75. The number of carboxylic acid groups (broad SMARTS) is 1. The minimum absolute atomic E-state index is 0.0450. The Morgan fingerprint density at radius 1 is 1.47 bits per heavy atom. The summed E-state index contributed by atoms with van der Waals surface area (Å²) in [4.78, 5) is 25.0. The van der Waals surface area contributed by atoms with E-state index in [1.165, 1.54) is 11.9 Å². The highest BCUT2D eigenvalue weighted by atomic mass is 32.2. The number of carbonyl (C=O) groups excluding carboxylic acids is 1. The number of carbonyl (C=O) groups is 2. The molecule has 1 aliphatic rings. The molecule has 8 heteroatoms. The molecule has 106 valence electrons. The number of hydrogen-bond donors (Lipinski definition) is 1. The molecular formula is C11H16N2O5S. The molecule has 0 spiro atoms. The Kier molecular flexibility index (Phi) is 4.78. The van der Waals surface area contributed by atoms with Crippen molar-refractivity contribution in [2.75, 3.05) is 31.6 Å². The molecule has 1 heterocycles. The first-order valence-corrected chi connectivity index (χ1v) is 7.46. The van der Waals surface area contributed by atoms with E-state index in [2.05, 4.69) is 5.92 Å². The van der Waals surface area contributed by atoms with Crippen LogP contribution in [-0.4, -0.2) is 73.0 Å². The van der Waals surface area contributed by atoms with E-state index in [1.54, 1.807) is 0 Å². The quantitative estimate of drug-likeness (QED) is 0.686. The van der Waals surface area contributed by atoms with Gasteiger partial charge in [0.05, 0.1) is 18.1 Å². The summed E-state index contributed by atoms with van der Waals surface area (Å²) in [5.41, 5.74) is 0. The number of terminal acetylenes is 1. The first-order chi connectivity index (χ1) is 8.76. The molecule has 7 nitrogen and oxygen atoms in total. The molecule has 1 fully saturated rings. The van der Waals surface area contributed by atoms with Crippen molar-refractivity contribution < 1.29 is 23.1 Å². The van der Waals surface area contributed by atoms with E-state index in [0.717, 1.165) is 4.90 Å². The molecule has 1 rings (SSSR count). The molecule has 1 atom stereocenters. The number of rotatable bonds is 4. The lowest BCUT2D eigenvalue weighted by atomic mass is 10.2. The molecule has 0 bridgehead atoms. The van der Waals surface area contributed by atoms with Gasteiger partial charge < -0.3 is 14.9 Å². The molecule has 1 saturated heterocycles. The minimum atomic E-state index is -3.10. The average molecular weight is 288 g/mol. The van der Waals surface area contributed by atoms with Crippen LogP contribution in [0.1, 0.15) is 6.42 Å². The van der Waals surface area contributed by atoms with E-state index in [1.807, 2.05) is 0 Å². The maximum absolute atomic E-state index is 12.1. The van der Waals surface area contributed by atoms with Gasteiger partial charge in [-0.05, 0) is 6.42 Å². The second-order valence-corrected chi connectivity index (χ2v) is 6.63. The van der Waals surface area contributed by atoms with E-state index in [-0.39, 0.29) is 18.1 Å². The third kappa shape index (κ3) is 4.13. The van der Waals surface area contributed by atoms with E-state index in [4.69, 9.17) is 11.5 Å². The predicted octanol–water partition coefficient (Wildman–Crippen LogP) is -0.755. The zero-order valence-corrected chi connectivity index (χ0v) is 11.4. The van der Waals surface area contributed by atoms with Crippen molar-refractivity contribution >= 4 is 21.8 Å². The zero-order chi connectivity index (χ0) is 14.6. The molecule has 0 aromatic rings. The van der Waals surface area contributed by atoms with Gasteiger partial charge in [-0.2, -0.15) is 0 Å². The van der Waals surface area contributed by atoms with Gasteiger partial charge in [-0.25, -0.2) is 13.2 Å². The predicted molar refractivity (Wildman–Crippen MR) is 68.3 cm³/mol. The Morgan fingerprint density at radius 2 is 2.11 bits per heavy atom. The van der Waals surface area contributed by atoms with Crippen LogP contribution in [0.5, 0.6) is 0 Å². The summed E-state index contributed by atoms with van der Waals surface area (Å²) in [5, 5.41) is 8.71. The number of amides is 2. The summed E-state index contributed by atoms with van der Waals surface area (Å²) in [6, 6.07) is -0.992. The maximum atomic E-state index is 12.1. The molecule has 0 radical (unpaired) electrons. The van der Waals surface area contributed by atoms with E-state index in [9.17, 15) is 18.0 Å². The molecule has 19 heavy (non-hydrogen) atoms. The normalized spacial score (nSPS) is 20.5. The third-order valence-corrected chi connectivity index (χ3v) is 4.69.